The third-order valence-electron chi connectivity index (χ3n) is 14.7. The normalized spacial score (nSPS) is 12.0. The molecule has 0 aromatic heterocycles. The van der Waals surface area contributed by atoms with Crippen LogP contribution in [-0.4, -0.2) is 122 Å². The smallest absolute Gasteiger partial charge is 0.347 e. The number of rotatable bonds is 32. The van der Waals surface area contributed by atoms with E-state index in [9.17, 15) is 29.4 Å². The fourth-order valence-corrected chi connectivity index (χ4v) is 10.5. The molecule has 0 saturated carbocycles. The van der Waals surface area contributed by atoms with E-state index in [2.05, 4.69) is 89.3 Å². The Balaban J connectivity index is 0.000000399. The van der Waals surface area contributed by atoms with E-state index in [1.165, 1.54) is 47.6 Å². The van der Waals surface area contributed by atoms with Crippen molar-refractivity contribution in [2.24, 2.45) is 0 Å². The second kappa shape index (κ2) is 42.2. The lowest BCUT2D eigenvalue weighted by atomic mass is 9.91. The number of halogens is 4. The van der Waals surface area contributed by atoms with Crippen molar-refractivity contribution in [1.29, 1.82) is 0 Å². The van der Waals surface area contributed by atoms with E-state index in [4.69, 9.17) is 65.4 Å². The van der Waals surface area contributed by atoms with Gasteiger partial charge in [-0.1, -0.05) is 146 Å². The second-order valence-corrected chi connectivity index (χ2v) is 26.6. The summed E-state index contributed by atoms with van der Waals surface area (Å²) < 4.78 is 25.9. The van der Waals surface area contributed by atoms with Crippen molar-refractivity contribution in [3.05, 3.63) is 199 Å². The van der Waals surface area contributed by atoms with Crippen LogP contribution < -0.4 is 4.74 Å². The predicted octanol–water partition coefficient (Wildman–Crippen LogP) is 17.7. The number of nitrogens with zero attached hydrogens (tertiary/aromatic N) is 2. The van der Waals surface area contributed by atoms with Crippen LogP contribution in [-0.2, 0) is 51.0 Å². The number of unbranched alkanes of at least 4 members (excludes halogenated alkanes) is 4. The van der Waals surface area contributed by atoms with Crippen molar-refractivity contribution in [2.75, 3.05) is 54.5 Å². The lowest BCUT2D eigenvalue weighted by Gasteiger charge is -2.25. The van der Waals surface area contributed by atoms with Crippen molar-refractivity contribution in [1.82, 2.24) is 9.80 Å². The molecule has 504 valence electrons. The summed E-state index contributed by atoms with van der Waals surface area (Å²) in [6, 6.07) is 47.7. The number of aliphatic hydroxyl groups is 1. The fraction of sp³-hybridized carbons (Fsp3) is 0.467. The average Bonchev–Trinajstić information content (AvgIpc) is 0.928. The van der Waals surface area contributed by atoms with Gasteiger partial charge in [-0.3, -0.25) is 9.59 Å². The highest BCUT2D eigenvalue weighted by Crippen LogP contribution is 2.30. The molecular formula is C75H100Cl4N2O11. The molecule has 6 aromatic rings. The number of phenols is 1. The zero-order chi connectivity index (χ0) is 66.9. The summed E-state index contributed by atoms with van der Waals surface area (Å²) >= 11 is 24.5. The lowest BCUT2D eigenvalue weighted by molar-refractivity contribution is -0.156. The highest BCUT2D eigenvalue weighted by molar-refractivity contribution is 6.31. The Labute approximate surface area is 569 Å². The van der Waals surface area contributed by atoms with Gasteiger partial charge in [0.2, 0.25) is 0 Å². The minimum Gasteiger partial charge on any atom is -0.508 e. The van der Waals surface area contributed by atoms with Gasteiger partial charge in [0.15, 0.2) is 12.2 Å². The van der Waals surface area contributed by atoms with Crippen LogP contribution in [0.25, 0.3) is 0 Å². The van der Waals surface area contributed by atoms with Crippen molar-refractivity contribution in [3.63, 3.8) is 0 Å². The maximum Gasteiger partial charge on any atom is 0.347 e. The Morgan fingerprint density at radius 3 is 1.13 bits per heavy atom. The molecule has 0 bridgehead atoms. The molecule has 6 aromatic carbocycles. The van der Waals surface area contributed by atoms with E-state index in [1.54, 1.807) is 12.1 Å². The second-order valence-electron chi connectivity index (χ2n) is 24.9. The van der Waals surface area contributed by atoms with Crippen LogP contribution >= 0.6 is 46.4 Å². The van der Waals surface area contributed by atoms with Crippen molar-refractivity contribution >= 4 is 70.3 Å². The summed E-state index contributed by atoms with van der Waals surface area (Å²) in [6.07, 6.45) is 8.24. The Morgan fingerprint density at radius 2 is 0.793 bits per heavy atom. The predicted molar refractivity (Wildman–Crippen MR) is 375 cm³/mol. The first-order valence-corrected chi connectivity index (χ1v) is 32.9. The number of aliphatic hydroxyl groups excluding tert-OH is 1. The SMILES string of the molecule is C.CN(CCCc1ccc(O)cc1)CC(c1ccc(Cl)cc1)c1ccc(Cl)cc1.COC(=O)C(CCCCCC(=O)OC(C)(C)C)Oc1ccc(CCCN(C)CC(c2ccc(Cl)cc2)c2ccc(Cl)cc2)cc1.COC(=O)C(O)CCCCCC(=O)OC(C)(C)C. The number of hydrogen-bond acceptors (Lipinski definition) is 13. The van der Waals surface area contributed by atoms with E-state index in [0.717, 1.165) is 91.2 Å². The molecule has 0 aliphatic heterocycles. The molecule has 17 heteroatoms. The highest BCUT2D eigenvalue weighted by atomic mass is 35.5. The van der Waals surface area contributed by atoms with Gasteiger partial charge in [0, 0.05) is 57.9 Å². The zero-order valence-electron chi connectivity index (χ0n) is 54.9. The summed E-state index contributed by atoms with van der Waals surface area (Å²) in [5.41, 5.74) is 6.46. The van der Waals surface area contributed by atoms with Gasteiger partial charge in [-0.15, -0.1) is 0 Å². The van der Waals surface area contributed by atoms with Crippen LogP contribution in [0.4, 0.5) is 0 Å². The molecule has 0 fully saturated rings. The summed E-state index contributed by atoms with van der Waals surface area (Å²) in [5.74, 6) is -0.0108. The largest absolute Gasteiger partial charge is 0.508 e. The first kappa shape index (κ1) is 80.1. The molecule has 0 amide bonds. The van der Waals surface area contributed by atoms with Gasteiger partial charge in [-0.05, 0) is 233 Å². The molecule has 0 aliphatic rings. The number of methoxy groups -OCH3 is 2. The summed E-state index contributed by atoms with van der Waals surface area (Å²) in [6.45, 7) is 14.8. The summed E-state index contributed by atoms with van der Waals surface area (Å²) in [7, 11) is 6.93. The molecule has 0 heterocycles. The minimum atomic E-state index is -1.06. The fourth-order valence-electron chi connectivity index (χ4n) is 10.0. The van der Waals surface area contributed by atoms with Gasteiger partial charge >= 0.3 is 23.9 Å². The Bertz CT molecular complexity index is 2950. The molecule has 92 heavy (non-hydrogen) atoms. The molecule has 0 saturated heterocycles. The van der Waals surface area contributed by atoms with Crippen LogP contribution in [0.3, 0.4) is 0 Å². The number of esters is 4. The molecule has 2 unspecified atom stereocenters. The Morgan fingerprint density at radius 1 is 0.457 bits per heavy atom. The number of likely N-dealkylation sites (N-methyl/N-ethyl adjacent to an activating group) is 2. The van der Waals surface area contributed by atoms with E-state index < -0.39 is 35.3 Å². The number of benzene rings is 6. The van der Waals surface area contributed by atoms with Crippen molar-refractivity contribution in [2.45, 2.75) is 174 Å². The van der Waals surface area contributed by atoms with Crippen LogP contribution in [0, 0.1) is 0 Å². The van der Waals surface area contributed by atoms with E-state index in [-0.39, 0.29) is 31.2 Å². The van der Waals surface area contributed by atoms with E-state index in [0.29, 0.717) is 56.4 Å². The van der Waals surface area contributed by atoms with Crippen molar-refractivity contribution in [3.8, 4) is 11.5 Å². The minimum absolute atomic E-state index is 0. The summed E-state index contributed by atoms with van der Waals surface area (Å²) in [4.78, 5) is 51.3. The maximum atomic E-state index is 12.4. The molecule has 2 atom stereocenters. The number of aromatic hydroxyl groups is 1. The standard InChI is InChI=1S/C37H47Cl2NO5.C24H25Cl2NO.C13H24O5.CH4/c1-37(2,3)45-35(41)12-8-6-7-11-34(36(42)43-5)44-32-23-13-27(14-24-32)10-9-25-40(4)26-33(28-15-19-30(38)20-16-28)29-17-21-31(39)22-18-29;1-27(16-2-3-18-4-14-23(28)15-5-18)17-24(19-6-10-21(25)11-7-19)20-8-12-22(26)13-9-20;1-13(2,3)18-11(15)9-7-5-6-8-10(14)12(16)17-4;/h13-24,33-34H,6-12,25-26H2,1-5H3;4-15,24,28H,2-3,16-17H2,1H3;10,14H,5-9H2,1-4H3;1H4. The van der Waals surface area contributed by atoms with Crippen LogP contribution in [0.15, 0.2) is 146 Å². The molecular weight excluding hydrogens is 1250 g/mol. The van der Waals surface area contributed by atoms with Crippen LogP contribution in [0.5, 0.6) is 11.5 Å². The van der Waals surface area contributed by atoms with Crippen LogP contribution in [0.1, 0.15) is 171 Å². The zero-order valence-corrected chi connectivity index (χ0v) is 57.9. The van der Waals surface area contributed by atoms with E-state index >= 15 is 0 Å². The number of phenolic OH excluding ortho intramolecular Hbond substituents is 1. The first-order chi connectivity index (χ1) is 43.2. The highest BCUT2D eigenvalue weighted by Gasteiger charge is 2.23. The van der Waals surface area contributed by atoms with E-state index in [1.807, 2.05) is 114 Å². The van der Waals surface area contributed by atoms with Gasteiger partial charge in [-0.2, -0.15) is 0 Å². The number of carbonyl (C=O) groups excluding carboxylic acids is 4. The third-order valence-corrected chi connectivity index (χ3v) is 15.7. The van der Waals surface area contributed by atoms with Gasteiger partial charge in [0.1, 0.15) is 22.7 Å². The third kappa shape index (κ3) is 33.1. The Kier molecular flexibility index (Phi) is 36.8. The molecule has 2 N–H and O–H groups in total. The quantitative estimate of drug-likeness (QED) is 0.0233. The summed E-state index contributed by atoms with van der Waals surface area (Å²) in [5, 5.41) is 21.7. The average molecular weight is 1350 g/mol. The molecule has 13 nitrogen and oxygen atoms in total. The molecule has 6 rings (SSSR count). The number of ether oxygens (including phenoxy) is 5. The number of hydrogen-bond donors (Lipinski definition) is 2. The molecule has 0 spiro atoms. The molecule has 0 radical (unpaired) electrons. The Hall–Kier alpha value is -6.16. The monoisotopic (exact) mass is 1340 g/mol. The van der Waals surface area contributed by atoms with Gasteiger partial charge in [0.05, 0.1) is 14.2 Å². The van der Waals surface area contributed by atoms with Crippen molar-refractivity contribution < 1.29 is 53.1 Å². The molecule has 0 aliphatic carbocycles. The number of aryl methyl sites for hydroxylation is 2. The maximum absolute atomic E-state index is 12.4. The number of carbonyl (C=O) groups is 4. The first-order valence-electron chi connectivity index (χ1n) is 31.4. The van der Waals surface area contributed by atoms with Crippen LogP contribution in [0.2, 0.25) is 20.1 Å². The van der Waals surface area contributed by atoms with Gasteiger partial charge in [-0.25, -0.2) is 9.59 Å². The van der Waals surface area contributed by atoms with Gasteiger partial charge in [0.25, 0.3) is 0 Å². The topological polar surface area (TPSA) is 161 Å². The lowest BCUT2D eigenvalue weighted by Crippen LogP contribution is -2.28. The van der Waals surface area contributed by atoms with Gasteiger partial charge < -0.3 is 43.7 Å².